The Morgan fingerprint density at radius 1 is 0.882 bits per heavy atom. The van der Waals surface area contributed by atoms with E-state index in [1.807, 2.05) is 101 Å². The van der Waals surface area contributed by atoms with Crippen LogP contribution in [0.15, 0.2) is 91.0 Å². The number of amides is 4. The van der Waals surface area contributed by atoms with Crippen molar-refractivity contribution in [2.45, 2.75) is 96.0 Å². The first kappa shape index (κ1) is 39.1. The molecule has 51 heavy (non-hydrogen) atoms. The molecule has 3 aromatic carbocycles. The molecular formula is C41H55N5O5. The van der Waals surface area contributed by atoms with Gasteiger partial charge < -0.3 is 25.6 Å². The molecule has 1 aliphatic rings. The lowest BCUT2D eigenvalue weighted by molar-refractivity contribution is -0.140. The summed E-state index contributed by atoms with van der Waals surface area (Å²) < 4.78 is 5.47. The third-order valence-electron chi connectivity index (χ3n) is 9.35. The van der Waals surface area contributed by atoms with Crippen LogP contribution in [0, 0.1) is 0 Å². The molecule has 1 fully saturated rings. The van der Waals surface area contributed by atoms with Crippen molar-refractivity contribution >= 4 is 23.8 Å². The summed E-state index contributed by atoms with van der Waals surface area (Å²) in [7, 11) is 1.51. The van der Waals surface area contributed by atoms with Gasteiger partial charge in [-0.05, 0) is 82.9 Å². The minimum Gasteiger partial charge on any atom is -0.444 e. The number of likely N-dealkylation sites (N-methyl/N-ethyl adjacent to an activating group) is 1. The van der Waals surface area contributed by atoms with Crippen molar-refractivity contribution in [1.82, 2.24) is 20.0 Å². The topological polar surface area (TPSA) is 125 Å². The summed E-state index contributed by atoms with van der Waals surface area (Å²) in [6.07, 6.45) is 2.91. The fourth-order valence-electron chi connectivity index (χ4n) is 6.33. The second-order valence-corrected chi connectivity index (χ2v) is 14.5. The average molecular weight is 698 g/mol. The largest absolute Gasteiger partial charge is 0.444 e. The molecule has 10 nitrogen and oxygen atoms in total. The van der Waals surface area contributed by atoms with Crippen molar-refractivity contribution in [2.24, 2.45) is 5.73 Å². The molecule has 0 aliphatic carbocycles. The van der Waals surface area contributed by atoms with Gasteiger partial charge in [-0.25, -0.2) is 4.79 Å². The highest BCUT2D eigenvalue weighted by Gasteiger charge is 2.37. The highest BCUT2D eigenvalue weighted by Crippen LogP contribution is 2.22. The van der Waals surface area contributed by atoms with E-state index in [2.05, 4.69) is 5.32 Å². The minimum absolute atomic E-state index is 0.151. The van der Waals surface area contributed by atoms with Gasteiger partial charge in [0.15, 0.2) is 0 Å². The van der Waals surface area contributed by atoms with Gasteiger partial charge in [-0.2, -0.15) is 0 Å². The Bertz CT molecular complexity index is 1560. The van der Waals surface area contributed by atoms with Crippen molar-refractivity contribution in [2.75, 3.05) is 26.7 Å². The van der Waals surface area contributed by atoms with Crippen LogP contribution in [-0.2, 0) is 38.4 Å². The Kier molecular flexibility index (Phi) is 14.2. The molecule has 1 heterocycles. The van der Waals surface area contributed by atoms with Crippen LogP contribution in [0.4, 0.5) is 4.79 Å². The van der Waals surface area contributed by atoms with Gasteiger partial charge in [0.1, 0.15) is 17.7 Å². The zero-order chi connectivity index (χ0) is 37.0. The number of benzene rings is 3. The highest BCUT2D eigenvalue weighted by atomic mass is 16.6. The van der Waals surface area contributed by atoms with Gasteiger partial charge in [-0.3, -0.25) is 19.3 Å². The van der Waals surface area contributed by atoms with Crippen LogP contribution in [0.1, 0.15) is 63.6 Å². The van der Waals surface area contributed by atoms with Crippen LogP contribution >= 0.6 is 0 Å². The summed E-state index contributed by atoms with van der Waals surface area (Å²) in [5, 5.41) is 2.97. The van der Waals surface area contributed by atoms with Crippen LogP contribution in [0.2, 0.25) is 0 Å². The second kappa shape index (κ2) is 18.5. The number of carbonyl (C=O) groups is 4. The van der Waals surface area contributed by atoms with E-state index in [0.717, 1.165) is 29.5 Å². The van der Waals surface area contributed by atoms with E-state index >= 15 is 0 Å². The van der Waals surface area contributed by atoms with Crippen molar-refractivity contribution in [1.29, 1.82) is 0 Å². The number of hydrogen-bond acceptors (Lipinski definition) is 6. The lowest BCUT2D eigenvalue weighted by Gasteiger charge is -2.35. The van der Waals surface area contributed by atoms with Gasteiger partial charge in [0.2, 0.25) is 17.7 Å². The predicted octanol–water partition coefficient (Wildman–Crippen LogP) is 4.99. The molecule has 4 rings (SSSR count). The highest BCUT2D eigenvalue weighted by molar-refractivity contribution is 5.91. The summed E-state index contributed by atoms with van der Waals surface area (Å²) in [6, 6.07) is 26.9. The number of nitrogens with two attached hydrogens (primary N) is 1. The zero-order valence-corrected chi connectivity index (χ0v) is 30.8. The molecule has 0 bridgehead atoms. The van der Waals surface area contributed by atoms with Gasteiger partial charge in [0.05, 0.1) is 6.04 Å². The molecule has 1 aliphatic heterocycles. The fourth-order valence-corrected chi connectivity index (χ4v) is 6.33. The van der Waals surface area contributed by atoms with Crippen LogP contribution in [-0.4, -0.2) is 95.0 Å². The molecule has 3 aromatic rings. The van der Waals surface area contributed by atoms with Gasteiger partial charge >= 0.3 is 6.09 Å². The Hall–Kier alpha value is -4.70. The van der Waals surface area contributed by atoms with Gasteiger partial charge in [-0.15, -0.1) is 0 Å². The third kappa shape index (κ3) is 12.0. The quantitative estimate of drug-likeness (QED) is 0.231. The minimum atomic E-state index is -0.876. The lowest BCUT2D eigenvalue weighted by atomic mass is 10.0. The first-order chi connectivity index (χ1) is 24.3. The normalized spacial score (nSPS) is 16.1. The molecule has 3 N–H and O–H groups in total. The van der Waals surface area contributed by atoms with Crippen LogP contribution in [0.3, 0.4) is 0 Å². The maximum atomic E-state index is 14.4. The average Bonchev–Trinajstić information content (AvgIpc) is 3.59. The molecule has 274 valence electrons. The number of rotatable bonds is 15. The number of carbonyl (C=O) groups excluding carboxylic acids is 4. The maximum Gasteiger partial charge on any atom is 0.410 e. The predicted molar refractivity (Wildman–Crippen MR) is 200 cm³/mol. The van der Waals surface area contributed by atoms with Crippen molar-refractivity contribution < 1.29 is 23.9 Å². The molecule has 4 amide bonds. The number of nitrogens with zero attached hydrogens (tertiary/aromatic N) is 3. The first-order valence-corrected chi connectivity index (χ1v) is 18.0. The summed E-state index contributed by atoms with van der Waals surface area (Å²) in [4.78, 5) is 59.6. The van der Waals surface area contributed by atoms with E-state index in [1.54, 1.807) is 27.7 Å². The van der Waals surface area contributed by atoms with E-state index in [4.69, 9.17) is 10.5 Å². The second-order valence-electron chi connectivity index (χ2n) is 14.5. The van der Waals surface area contributed by atoms with Gasteiger partial charge in [0, 0.05) is 32.7 Å². The van der Waals surface area contributed by atoms with Crippen molar-refractivity contribution in [3.05, 3.63) is 108 Å². The van der Waals surface area contributed by atoms with Crippen LogP contribution < -0.4 is 11.1 Å². The molecule has 4 atom stereocenters. The summed E-state index contributed by atoms with van der Waals surface area (Å²) in [5.41, 5.74) is 8.97. The number of aryl methyl sites for hydroxylation is 1. The molecule has 1 saturated heterocycles. The Morgan fingerprint density at radius 3 is 2.00 bits per heavy atom. The van der Waals surface area contributed by atoms with Crippen LogP contribution in [0.5, 0.6) is 0 Å². The van der Waals surface area contributed by atoms with Crippen molar-refractivity contribution in [3.8, 4) is 0 Å². The number of hydrogen-bond donors (Lipinski definition) is 2. The Balaban J connectivity index is 1.52. The van der Waals surface area contributed by atoms with Gasteiger partial charge in [-0.1, -0.05) is 91.0 Å². The monoisotopic (exact) mass is 697 g/mol. The van der Waals surface area contributed by atoms with E-state index in [9.17, 15) is 19.2 Å². The Labute approximate surface area is 303 Å². The van der Waals surface area contributed by atoms with Crippen LogP contribution in [0.25, 0.3) is 0 Å². The number of ether oxygens (including phenoxy) is 1. The summed E-state index contributed by atoms with van der Waals surface area (Å²) in [5.74, 6) is -0.794. The first-order valence-electron chi connectivity index (χ1n) is 18.0. The van der Waals surface area contributed by atoms with E-state index in [1.165, 1.54) is 11.9 Å². The molecule has 10 heteroatoms. The van der Waals surface area contributed by atoms with Gasteiger partial charge in [0.25, 0.3) is 0 Å². The lowest BCUT2D eigenvalue weighted by Crippen LogP contribution is -2.56. The van der Waals surface area contributed by atoms with E-state index in [-0.39, 0.29) is 17.9 Å². The van der Waals surface area contributed by atoms with E-state index in [0.29, 0.717) is 45.3 Å². The standard InChI is InChI=1S/C41H55N5O5/c1-30(44(5)40(50)51-41(2,3)4)37(47)43-36(24-23-31-16-9-6-10-17-31)39(49)46-26-15-22-34(46)29-45(27-25-32-18-11-7-12-19-32)38(48)35(42)28-33-20-13-8-14-21-33/h6-14,16-21,30,34-36H,15,22-29,42H2,1-5H3,(H,43,47)/t30?,34-,35+,36-/m0/s1. The van der Waals surface area contributed by atoms with Crippen molar-refractivity contribution in [3.63, 3.8) is 0 Å². The molecule has 0 saturated carbocycles. The Morgan fingerprint density at radius 2 is 1.43 bits per heavy atom. The fraction of sp³-hybridized carbons (Fsp3) is 0.463. The summed E-state index contributed by atoms with van der Waals surface area (Å²) >= 11 is 0. The molecular weight excluding hydrogens is 642 g/mol. The molecule has 0 spiro atoms. The summed E-state index contributed by atoms with van der Waals surface area (Å²) in [6.45, 7) is 8.24. The van der Waals surface area contributed by atoms with E-state index < -0.39 is 35.7 Å². The molecule has 1 unspecified atom stereocenters. The SMILES string of the molecule is CC(C(=O)N[C@@H](CCc1ccccc1)C(=O)N1CCC[C@H]1CN(CCc1ccccc1)C(=O)[C@H](N)Cc1ccccc1)N(C)C(=O)OC(C)(C)C. The third-order valence-corrected chi connectivity index (χ3v) is 9.35. The molecule has 0 radical (unpaired) electrons. The maximum absolute atomic E-state index is 14.4. The number of nitrogens with one attached hydrogen (secondary N) is 1. The zero-order valence-electron chi connectivity index (χ0n) is 30.8. The molecule has 0 aromatic heterocycles. The number of likely N-dealkylation sites (tertiary alicyclic amines) is 1. The smallest absolute Gasteiger partial charge is 0.410 e.